The fourth-order valence-corrected chi connectivity index (χ4v) is 8.19. The first kappa shape index (κ1) is 73.7. The van der Waals surface area contributed by atoms with E-state index < -0.39 is 12.2 Å². The Kier molecular flexibility index (Phi) is 30.7. The average Bonchev–Trinajstić information content (AvgIpc) is 3.44. The Bertz CT molecular complexity index is 3320. The molecule has 0 spiro atoms. The predicted molar refractivity (Wildman–Crippen MR) is 328 cm³/mol. The Morgan fingerprint density at radius 3 is 1.47 bits per heavy atom. The second kappa shape index (κ2) is 34.5. The van der Waals surface area contributed by atoms with Gasteiger partial charge in [0.15, 0.2) is 0 Å². The second-order valence-corrected chi connectivity index (χ2v) is 23.6. The van der Waals surface area contributed by atoms with Gasteiger partial charge in [0.2, 0.25) is 0 Å². The number of fused-ring (bicyclic) bond motifs is 1. The Morgan fingerprint density at radius 2 is 0.928 bits per heavy atom. The summed E-state index contributed by atoms with van der Waals surface area (Å²) in [6.45, 7) is 30.0. The van der Waals surface area contributed by atoms with Gasteiger partial charge in [-0.1, -0.05) is 146 Å². The molecule has 0 aliphatic carbocycles. The molecule has 83 heavy (non-hydrogen) atoms. The standard InChI is InChI=1S/C22H17N2.C18H15N2.C14H15N2.C11H24O2.C5H12O2.3Ir/c1-15-7-8-16(2)20(11-15)22-13-21(23-14-24-22)19-10-9-17-5-3-4-6-18(17)12-19;1-13-8-6-7-11-16(13)18-14(2)17(19-12-20-18)15-9-4-3-5-10-15;1-14(2,3)13-9-12(15-10-16-13)11-7-5-4-6-8-11;1-10(2,3)8(12)7-9(13)11(4,5)6;1-4(6)3-5(2)7;;;/h3-9,11-14H,1-2H3;3-9,11-12H,1-2H3;4-7,9-10H,1-3H3;8-9,12-13H,7H2,1-6H3;4-7H,3H2,1-2H3;;;/q3*-1;;;;;. The van der Waals surface area contributed by atoms with Gasteiger partial charge in [-0.3, -0.25) is 15.0 Å². The molecule has 447 valence electrons. The van der Waals surface area contributed by atoms with Gasteiger partial charge >= 0.3 is 0 Å². The predicted octanol–water partition coefficient (Wildman–Crippen LogP) is 15.2. The zero-order chi connectivity index (χ0) is 58.8. The normalized spacial score (nSPS) is 12.4. The van der Waals surface area contributed by atoms with Crippen molar-refractivity contribution in [3.63, 3.8) is 0 Å². The molecule has 4 atom stereocenters. The fraction of sp³-hybridized carbons (Fsp3) is 0.343. The summed E-state index contributed by atoms with van der Waals surface area (Å²) in [5.41, 5.74) is 15.6. The number of rotatable bonds is 9. The van der Waals surface area contributed by atoms with Crippen LogP contribution in [-0.4, -0.2) is 74.7 Å². The zero-order valence-corrected chi connectivity index (χ0v) is 57.9. The van der Waals surface area contributed by atoms with Crippen LogP contribution >= 0.6 is 0 Å². The molecule has 9 aromatic rings. The van der Waals surface area contributed by atoms with E-state index in [4.69, 9.17) is 10.2 Å². The molecule has 4 unspecified atom stereocenters. The number of hydrogen-bond donors (Lipinski definition) is 4. The molecule has 3 aromatic heterocycles. The molecule has 0 saturated carbocycles. The van der Waals surface area contributed by atoms with Gasteiger partial charge in [0, 0.05) is 89.0 Å². The summed E-state index contributed by atoms with van der Waals surface area (Å²) >= 11 is 0. The van der Waals surface area contributed by atoms with Gasteiger partial charge < -0.3 is 20.4 Å². The summed E-state index contributed by atoms with van der Waals surface area (Å²) in [5.74, 6) is 0. The molecule has 10 nitrogen and oxygen atoms in total. The van der Waals surface area contributed by atoms with Crippen LogP contribution in [0.3, 0.4) is 0 Å². The van der Waals surface area contributed by atoms with Crippen LogP contribution in [-0.2, 0) is 65.7 Å². The number of aryl methyl sites for hydroxylation is 3. The number of aliphatic hydroxyl groups excluding tert-OH is 4. The van der Waals surface area contributed by atoms with E-state index in [9.17, 15) is 10.2 Å². The Balaban J connectivity index is 0.000000367. The summed E-state index contributed by atoms with van der Waals surface area (Å²) in [5, 5.41) is 39.0. The topological polar surface area (TPSA) is 158 Å². The van der Waals surface area contributed by atoms with Crippen molar-refractivity contribution in [2.24, 2.45) is 10.8 Å². The van der Waals surface area contributed by atoms with Gasteiger partial charge in [-0.15, -0.1) is 101 Å². The average molecular weight is 1650 g/mol. The van der Waals surface area contributed by atoms with Gasteiger partial charge in [-0.2, -0.15) is 0 Å². The van der Waals surface area contributed by atoms with Crippen molar-refractivity contribution >= 4 is 10.8 Å². The van der Waals surface area contributed by atoms with Gasteiger partial charge in [-0.05, 0) is 98.6 Å². The van der Waals surface area contributed by atoms with Crippen LogP contribution < -0.4 is 0 Å². The molecular formula is C70H83Ir3N6O4-3. The minimum atomic E-state index is -0.443. The van der Waals surface area contributed by atoms with Crippen LogP contribution in [0.1, 0.15) is 117 Å². The molecule has 0 bridgehead atoms. The van der Waals surface area contributed by atoms with Crippen molar-refractivity contribution < 1.29 is 80.7 Å². The number of nitrogens with zero attached hydrogens (tertiary/aromatic N) is 6. The molecule has 4 N–H and O–H groups in total. The van der Waals surface area contributed by atoms with E-state index in [1.54, 1.807) is 32.8 Å². The smallest absolute Gasteiger partial charge is 0.106 e. The monoisotopic (exact) mass is 1650 g/mol. The van der Waals surface area contributed by atoms with Crippen molar-refractivity contribution in [3.05, 3.63) is 205 Å². The Morgan fingerprint density at radius 1 is 0.434 bits per heavy atom. The molecular weight excluding hydrogens is 1570 g/mol. The van der Waals surface area contributed by atoms with Gasteiger partial charge in [-0.25, -0.2) is 15.0 Å². The molecule has 13 heteroatoms. The van der Waals surface area contributed by atoms with E-state index in [-0.39, 0.29) is 88.8 Å². The molecule has 0 aliphatic rings. The quantitative estimate of drug-likeness (QED) is 0.103. The first-order chi connectivity index (χ1) is 37.7. The van der Waals surface area contributed by atoms with E-state index in [1.165, 1.54) is 27.5 Å². The fourth-order valence-electron chi connectivity index (χ4n) is 8.19. The van der Waals surface area contributed by atoms with E-state index in [1.807, 2.05) is 133 Å². The van der Waals surface area contributed by atoms with Gasteiger partial charge in [0.1, 0.15) is 19.0 Å². The van der Waals surface area contributed by atoms with Crippen LogP contribution in [0.4, 0.5) is 0 Å². The molecule has 3 heterocycles. The van der Waals surface area contributed by atoms with Crippen molar-refractivity contribution in [2.75, 3.05) is 0 Å². The Labute approximate surface area is 535 Å². The second-order valence-electron chi connectivity index (χ2n) is 23.6. The molecule has 0 fully saturated rings. The van der Waals surface area contributed by atoms with Crippen LogP contribution in [0.5, 0.6) is 0 Å². The summed E-state index contributed by atoms with van der Waals surface area (Å²) in [7, 11) is 0. The van der Waals surface area contributed by atoms with Crippen molar-refractivity contribution in [3.8, 4) is 56.3 Å². The third-order valence-corrected chi connectivity index (χ3v) is 13.3. The molecule has 0 saturated heterocycles. The van der Waals surface area contributed by atoms with E-state index in [0.29, 0.717) is 12.8 Å². The maximum Gasteiger partial charge on any atom is 0.106 e. The SMILES string of the molecule is CC(C)(C)C(O)CC(O)C(C)(C)C.CC(C)(C)c1cc(-c2[c-]cccc2)ncn1.CC(O)CC(C)O.Cc1ccc(C)c(-c2cc(-c3[c-]cc4ccccc4c3)ncn2)c1.Cc1ccccc1-c1ncnc(-c2[c-]cccc2)c1C.[Ir].[Ir].[Ir]. The first-order valence-electron chi connectivity index (χ1n) is 27.4. The molecule has 9 rings (SSSR count). The first-order valence-corrected chi connectivity index (χ1v) is 27.4. The van der Waals surface area contributed by atoms with Crippen LogP contribution in [0.2, 0.25) is 0 Å². The minimum absolute atomic E-state index is 0. The summed E-state index contributed by atoms with van der Waals surface area (Å²) in [6.07, 6.45) is 4.17. The molecule has 3 radical (unpaired) electrons. The summed E-state index contributed by atoms with van der Waals surface area (Å²) in [6, 6.07) is 56.7. The van der Waals surface area contributed by atoms with Crippen molar-refractivity contribution in [1.29, 1.82) is 0 Å². The number of aliphatic hydroxyl groups is 4. The molecule has 6 aromatic carbocycles. The van der Waals surface area contributed by atoms with Crippen LogP contribution in [0.25, 0.3) is 67.1 Å². The number of benzene rings is 6. The third-order valence-electron chi connectivity index (χ3n) is 13.3. The van der Waals surface area contributed by atoms with Crippen molar-refractivity contribution in [2.45, 2.75) is 147 Å². The molecule has 0 amide bonds. The maximum atomic E-state index is 9.76. The minimum Gasteiger partial charge on any atom is -0.393 e. The van der Waals surface area contributed by atoms with E-state index >= 15 is 0 Å². The van der Waals surface area contributed by atoms with Crippen molar-refractivity contribution in [1.82, 2.24) is 29.9 Å². The largest absolute Gasteiger partial charge is 0.393 e. The van der Waals surface area contributed by atoms with Gasteiger partial charge in [0.05, 0.1) is 35.8 Å². The summed E-state index contributed by atoms with van der Waals surface area (Å²) in [4.78, 5) is 26.4. The summed E-state index contributed by atoms with van der Waals surface area (Å²) < 4.78 is 0. The Hall–Kier alpha value is -5.39. The van der Waals surface area contributed by atoms with Gasteiger partial charge in [0.25, 0.3) is 0 Å². The zero-order valence-electron chi connectivity index (χ0n) is 50.7. The van der Waals surface area contributed by atoms with E-state index in [0.717, 1.165) is 67.5 Å². The molecule has 0 aliphatic heterocycles. The van der Waals surface area contributed by atoms with Crippen LogP contribution in [0.15, 0.2) is 159 Å². The number of aromatic nitrogens is 6. The third kappa shape index (κ3) is 23.5. The van der Waals surface area contributed by atoms with Crippen LogP contribution in [0, 0.1) is 56.7 Å². The van der Waals surface area contributed by atoms with E-state index in [2.05, 4.69) is 145 Å². The number of hydrogen-bond acceptors (Lipinski definition) is 10. The maximum absolute atomic E-state index is 9.76.